The van der Waals surface area contributed by atoms with E-state index < -0.39 is 30.6 Å². The molecule has 1 rings (SSSR count). The monoisotopic (exact) mass is 241 g/mol. The first kappa shape index (κ1) is 7.45. The zero-order valence-electron chi connectivity index (χ0n) is 14.0. The summed E-state index contributed by atoms with van der Waals surface area (Å²) in [7, 11) is 0. The van der Waals surface area contributed by atoms with Crippen LogP contribution in [0.2, 0.25) is 0 Å². The van der Waals surface area contributed by atoms with E-state index in [1.54, 1.807) is 30.3 Å². The summed E-state index contributed by atoms with van der Waals surface area (Å²) in [6.45, 7) is -0.290. The van der Waals surface area contributed by atoms with E-state index in [0.717, 1.165) is 0 Å². The number of amides is 1. The maximum Gasteiger partial charge on any atom is 0.306 e. The normalized spacial score (nSPS) is 19.7. The Labute approximate surface area is 107 Å². The van der Waals surface area contributed by atoms with Gasteiger partial charge in [-0.2, -0.15) is 0 Å². The van der Waals surface area contributed by atoms with E-state index in [2.05, 4.69) is 0 Å². The van der Waals surface area contributed by atoms with Crippen molar-refractivity contribution in [3.63, 3.8) is 0 Å². The summed E-state index contributed by atoms with van der Waals surface area (Å²) < 4.78 is 42.3. The van der Waals surface area contributed by atoms with Gasteiger partial charge in [-0.25, -0.2) is 0 Å². The lowest BCUT2D eigenvalue weighted by molar-refractivity contribution is -0.145. The highest BCUT2D eigenvalue weighted by molar-refractivity contribution is 5.80. The standard InChI is InChI=1S/C12H16N2O3/c13-10(12(14)16)6-7-11(15)17-8-9-4-2-1-3-5-9/h1-5,10H,6-8,13H2,(H2,14,16)/i6D2,7D2,10D. The smallest absolute Gasteiger partial charge is 0.306 e. The molecule has 0 spiro atoms. The molecule has 5 heteroatoms. The van der Waals surface area contributed by atoms with Crippen LogP contribution in [0.5, 0.6) is 0 Å². The minimum atomic E-state index is -3.39. The molecule has 0 aliphatic heterocycles. The van der Waals surface area contributed by atoms with Gasteiger partial charge < -0.3 is 16.2 Å². The van der Waals surface area contributed by atoms with E-state index in [-0.39, 0.29) is 6.61 Å². The predicted molar refractivity (Wildman–Crippen MR) is 62.6 cm³/mol. The molecule has 5 nitrogen and oxygen atoms in total. The summed E-state index contributed by atoms with van der Waals surface area (Å²) in [5.41, 5.74) is 10.5. The average molecular weight is 241 g/mol. The van der Waals surface area contributed by atoms with Gasteiger partial charge in [0, 0.05) is 11.9 Å². The number of benzene rings is 1. The van der Waals surface area contributed by atoms with Crippen molar-refractivity contribution >= 4 is 11.9 Å². The van der Waals surface area contributed by atoms with E-state index in [1.165, 1.54) is 0 Å². The zero-order valence-corrected chi connectivity index (χ0v) is 8.97. The molecule has 0 aromatic heterocycles. The lowest BCUT2D eigenvalue weighted by Crippen LogP contribution is -2.36. The highest BCUT2D eigenvalue weighted by Gasteiger charge is 2.12. The van der Waals surface area contributed by atoms with Gasteiger partial charge >= 0.3 is 5.97 Å². The number of rotatable bonds is 6. The highest BCUT2D eigenvalue weighted by atomic mass is 16.5. The average Bonchev–Trinajstić information content (AvgIpc) is 2.45. The third-order valence-electron chi connectivity index (χ3n) is 1.78. The number of carbonyl (C=O) groups excluding carboxylic acids is 2. The Morgan fingerprint density at radius 1 is 1.41 bits per heavy atom. The molecular formula is C12H16N2O3. The van der Waals surface area contributed by atoms with Crippen LogP contribution in [0.15, 0.2) is 30.3 Å². The molecule has 17 heavy (non-hydrogen) atoms. The van der Waals surface area contributed by atoms with E-state index in [4.69, 9.17) is 23.1 Å². The van der Waals surface area contributed by atoms with Crippen molar-refractivity contribution in [2.24, 2.45) is 11.5 Å². The van der Waals surface area contributed by atoms with Crippen LogP contribution in [-0.4, -0.2) is 17.9 Å². The van der Waals surface area contributed by atoms with Crippen LogP contribution in [0.4, 0.5) is 0 Å². The molecule has 92 valence electrons. The molecule has 0 radical (unpaired) electrons. The molecule has 1 aromatic carbocycles. The maximum atomic E-state index is 11.8. The number of hydrogen-bond donors (Lipinski definition) is 2. The van der Waals surface area contributed by atoms with Gasteiger partial charge in [-0.3, -0.25) is 9.59 Å². The van der Waals surface area contributed by atoms with E-state index in [1.807, 2.05) is 0 Å². The first-order valence-corrected chi connectivity index (χ1v) is 4.74. The van der Waals surface area contributed by atoms with Crippen LogP contribution in [0, 0.1) is 0 Å². The Bertz CT molecular complexity index is 563. The van der Waals surface area contributed by atoms with Crippen molar-refractivity contribution in [3.8, 4) is 0 Å². The van der Waals surface area contributed by atoms with Crippen LogP contribution in [0.3, 0.4) is 0 Å². The third-order valence-corrected chi connectivity index (χ3v) is 1.78. The van der Waals surface area contributed by atoms with Crippen molar-refractivity contribution in [2.45, 2.75) is 25.4 Å². The number of ether oxygens (including phenoxy) is 1. The van der Waals surface area contributed by atoms with Crippen molar-refractivity contribution in [1.82, 2.24) is 0 Å². The second-order valence-electron chi connectivity index (χ2n) is 3.09. The molecule has 1 atom stereocenters. The Morgan fingerprint density at radius 2 is 2.06 bits per heavy atom. The second-order valence-corrected chi connectivity index (χ2v) is 3.09. The van der Waals surface area contributed by atoms with Crippen LogP contribution < -0.4 is 11.5 Å². The van der Waals surface area contributed by atoms with Gasteiger partial charge in [0.15, 0.2) is 0 Å². The Morgan fingerprint density at radius 3 is 2.65 bits per heavy atom. The van der Waals surface area contributed by atoms with Gasteiger partial charge in [-0.15, -0.1) is 0 Å². The van der Waals surface area contributed by atoms with E-state index in [9.17, 15) is 9.59 Å². The zero-order chi connectivity index (χ0) is 17.2. The molecule has 0 bridgehead atoms. The van der Waals surface area contributed by atoms with Gasteiger partial charge in [0.2, 0.25) is 5.91 Å². The van der Waals surface area contributed by atoms with Crippen LogP contribution >= 0.6 is 0 Å². The summed E-state index contributed by atoms with van der Waals surface area (Å²) in [6, 6.07) is 5.20. The van der Waals surface area contributed by atoms with Crippen molar-refractivity contribution < 1.29 is 21.2 Å². The molecule has 0 aliphatic rings. The minimum Gasteiger partial charge on any atom is -0.461 e. The first-order chi connectivity index (χ1) is 9.94. The quantitative estimate of drug-likeness (QED) is 0.701. The minimum absolute atomic E-state index is 0.290. The fourth-order valence-electron chi connectivity index (χ4n) is 0.939. The summed E-state index contributed by atoms with van der Waals surface area (Å²) in [5, 5.41) is 0. The molecule has 0 fully saturated rings. The fourth-order valence-corrected chi connectivity index (χ4v) is 0.939. The lowest BCUT2D eigenvalue weighted by atomic mass is 10.1. The van der Waals surface area contributed by atoms with Crippen molar-refractivity contribution in [2.75, 3.05) is 0 Å². The SMILES string of the molecule is [2H]C([2H])(C(=O)OCc1ccccc1)C([2H])([2H])C([2H])(N)C(N)=O. The third kappa shape index (κ3) is 5.12. The Hall–Kier alpha value is -1.88. The summed E-state index contributed by atoms with van der Waals surface area (Å²) >= 11 is 0. The van der Waals surface area contributed by atoms with Crippen molar-refractivity contribution in [3.05, 3.63) is 35.9 Å². The molecule has 1 aromatic rings. The van der Waals surface area contributed by atoms with Gasteiger partial charge in [-0.1, -0.05) is 30.3 Å². The van der Waals surface area contributed by atoms with Crippen LogP contribution in [0.25, 0.3) is 0 Å². The van der Waals surface area contributed by atoms with Gasteiger partial charge in [-0.05, 0) is 11.9 Å². The predicted octanol–water partition coefficient (Wildman–Crippen LogP) is 0.323. The Kier molecular flexibility index (Phi) is 2.91. The molecule has 0 saturated carbocycles. The molecule has 0 saturated heterocycles. The summed E-state index contributed by atoms with van der Waals surface area (Å²) in [5.74, 6) is -3.18. The molecular weight excluding hydrogens is 220 g/mol. The summed E-state index contributed by atoms with van der Waals surface area (Å²) in [6.07, 6.45) is -6.73. The van der Waals surface area contributed by atoms with E-state index in [0.29, 0.717) is 5.56 Å². The first-order valence-electron chi connectivity index (χ1n) is 7.24. The van der Waals surface area contributed by atoms with Gasteiger partial charge in [0.1, 0.15) is 6.61 Å². The van der Waals surface area contributed by atoms with Crippen LogP contribution in [0.1, 0.15) is 25.2 Å². The molecule has 4 N–H and O–H groups in total. The molecule has 1 amide bonds. The number of carbonyl (C=O) groups is 2. The topological polar surface area (TPSA) is 95.4 Å². The van der Waals surface area contributed by atoms with E-state index >= 15 is 0 Å². The number of hydrogen-bond acceptors (Lipinski definition) is 4. The lowest BCUT2D eigenvalue weighted by Gasteiger charge is -2.07. The van der Waals surface area contributed by atoms with Gasteiger partial charge in [0.25, 0.3) is 0 Å². The number of nitrogens with two attached hydrogens (primary N) is 2. The number of primary amides is 1. The van der Waals surface area contributed by atoms with Gasteiger partial charge in [0.05, 0.1) is 7.39 Å². The molecule has 1 unspecified atom stereocenters. The Balaban J connectivity index is 2.92. The highest BCUT2D eigenvalue weighted by Crippen LogP contribution is 2.03. The van der Waals surface area contributed by atoms with Crippen LogP contribution in [-0.2, 0) is 20.9 Å². The molecule has 0 aliphatic carbocycles. The maximum absolute atomic E-state index is 11.8. The molecule has 0 heterocycles. The van der Waals surface area contributed by atoms with Crippen molar-refractivity contribution in [1.29, 1.82) is 0 Å². The largest absolute Gasteiger partial charge is 0.461 e. The second kappa shape index (κ2) is 6.65. The number of esters is 1. The fraction of sp³-hybridized carbons (Fsp3) is 0.333. The summed E-state index contributed by atoms with van der Waals surface area (Å²) in [4.78, 5) is 22.9.